The maximum Gasteiger partial charge on any atom is 0.255 e. The number of hydrogen-bond acceptors (Lipinski definition) is 3. The van der Waals surface area contributed by atoms with Gasteiger partial charge in [0.2, 0.25) is 0 Å². The molecule has 1 N–H and O–H groups in total. The highest BCUT2D eigenvalue weighted by atomic mass is 35.5. The maximum atomic E-state index is 12.8. The molecule has 27 heavy (non-hydrogen) atoms. The molecule has 1 atom stereocenters. The molecule has 1 amide bonds. The molecule has 0 aliphatic carbocycles. The number of hydrogen-bond donors (Lipinski definition) is 1. The highest BCUT2D eigenvalue weighted by molar-refractivity contribution is 6.31. The predicted octanol–water partition coefficient (Wildman–Crippen LogP) is 4.70. The Balaban J connectivity index is 1.77. The van der Waals surface area contributed by atoms with Gasteiger partial charge in [0.25, 0.3) is 5.91 Å². The summed E-state index contributed by atoms with van der Waals surface area (Å²) in [5, 5.41) is 3.85. The Morgan fingerprint density at radius 3 is 2.56 bits per heavy atom. The molecule has 2 aromatic rings. The molecule has 1 saturated heterocycles. The molecule has 2 aromatic carbocycles. The average Bonchev–Trinajstić information content (AvgIpc) is 2.71. The van der Waals surface area contributed by atoms with E-state index >= 15 is 0 Å². The van der Waals surface area contributed by atoms with Crippen LogP contribution < -0.4 is 10.1 Å². The van der Waals surface area contributed by atoms with Crippen LogP contribution in [0.1, 0.15) is 48.1 Å². The van der Waals surface area contributed by atoms with Crippen molar-refractivity contribution in [2.45, 2.75) is 32.2 Å². The van der Waals surface area contributed by atoms with Gasteiger partial charge in [-0.3, -0.25) is 9.69 Å². The molecule has 4 nitrogen and oxygen atoms in total. The Morgan fingerprint density at radius 2 is 1.81 bits per heavy atom. The van der Waals surface area contributed by atoms with Crippen molar-refractivity contribution in [2.75, 3.05) is 26.2 Å². The molecular formula is C22H27ClN2O2. The second-order valence-corrected chi connectivity index (χ2v) is 7.18. The van der Waals surface area contributed by atoms with Gasteiger partial charge in [0.15, 0.2) is 0 Å². The number of halogens is 1. The average molecular weight is 387 g/mol. The number of rotatable bonds is 7. The van der Waals surface area contributed by atoms with Gasteiger partial charge in [-0.2, -0.15) is 0 Å². The number of carbonyl (C=O) groups excluding carboxylic acids is 1. The quantitative estimate of drug-likeness (QED) is 0.750. The number of benzene rings is 2. The van der Waals surface area contributed by atoms with E-state index in [0.717, 1.165) is 23.7 Å². The molecule has 0 spiro atoms. The number of ether oxygens (including phenoxy) is 1. The first kappa shape index (κ1) is 19.7. The van der Waals surface area contributed by atoms with Crippen molar-refractivity contribution in [1.29, 1.82) is 0 Å². The molecule has 0 aromatic heterocycles. The number of amides is 1. The number of nitrogens with one attached hydrogen (secondary N) is 1. The fourth-order valence-corrected chi connectivity index (χ4v) is 3.89. The Hall–Kier alpha value is -2.04. The highest BCUT2D eigenvalue weighted by Crippen LogP contribution is 2.29. The van der Waals surface area contributed by atoms with Crippen molar-refractivity contribution in [3.63, 3.8) is 0 Å². The fraction of sp³-hybridized carbons (Fsp3) is 0.409. The third-order valence-corrected chi connectivity index (χ3v) is 5.33. The minimum atomic E-state index is -0.117. The SMILES string of the molecule is CCOc1ccccc1C(=O)NCC(c1ccccc1Cl)N1CCCCC1. The minimum Gasteiger partial charge on any atom is -0.493 e. The first-order valence-corrected chi connectivity index (χ1v) is 10.1. The number of carbonyl (C=O) groups is 1. The molecule has 0 bridgehead atoms. The number of nitrogens with zero attached hydrogens (tertiary/aromatic N) is 1. The van der Waals surface area contributed by atoms with Crippen molar-refractivity contribution < 1.29 is 9.53 Å². The summed E-state index contributed by atoms with van der Waals surface area (Å²) in [6.07, 6.45) is 3.63. The molecular weight excluding hydrogens is 360 g/mol. The molecule has 1 aliphatic rings. The van der Waals surface area contributed by atoms with Crippen LogP contribution in [0.4, 0.5) is 0 Å². The second-order valence-electron chi connectivity index (χ2n) is 6.77. The molecule has 3 rings (SSSR count). The lowest BCUT2D eigenvalue weighted by Gasteiger charge is -2.35. The highest BCUT2D eigenvalue weighted by Gasteiger charge is 2.25. The van der Waals surface area contributed by atoms with E-state index in [1.54, 1.807) is 6.07 Å². The molecule has 5 heteroatoms. The Bertz CT molecular complexity index is 759. The van der Waals surface area contributed by atoms with Gasteiger partial charge in [0.05, 0.1) is 18.2 Å². The smallest absolute Gasteiger partial charge is 0.255 e. The summed E-state index contributed by atoms with van der Waals surface area (Å²) in [4.78, 5) is 15.2. The van der Waals surface area contributed by atoms with Gasteiger partial charge in [0.1, 0.15) is 5.75 Å². The normalized spacial score (nSPS) is 15.9. The second kappa shape index (κ2) is 9.77. The van der Waals surface area contributed by atoms with Gasteiger partial charge >= 0.3 is 0 Å². The van der Waals surface area contributed by atoms with E-state index < -0.39 is 0 Å². The van der Waals surface area contributed by atoms with E-state index in [1.807, 2.05) is 43.3 Å². The van der Waals surface area contributed by atoms with Gasteiger partial charge in [-0.15, -0.1) is 0 Å². The largest absolute Gasteiger partial charge is 0.493 e. The van der Waals surface area contributed by atoms with Crippen LogP contribution in [-0.4, -0.2) is 37.0 Å². The van der Waals surface area contributed by atoms with Crippen LogP contribution in [0.2, 0.25) is 5.02 Å². The lowest BCUT2D eigenvalue weighted by molar-refractivity contribution is 0.0920. The van der Waals surface area contributed by atoms with Crippen LogP contribution in [0.25, 0.3) is 0 Å². The summed E-state index contributed by atoms with van der Waals surface area (Å²) >= 11 is 6.48. The molecule has 1 heterocycles. The van der Waals surface area contributed by atoms with Gasteiger partial charge in [0, 0.05) is 11.6 Å². The zero-order valence-electron chi connectivity index (χ0n) is 15.8. The third kappa shape index (κ3) is 5.02. The lowest BCUT2D eigenvalue weighted by atomic mass is 10.0. The Labute approximate surface area is 166 Å². The monoisotopic (exact) mass is 386 g/mol. The summed E-state index contributed by atoms with van der Waals surface area (Å²) in [7, 11) is 0. The summed E-state index contributed by atoms with van der Waals surface area (Å²) < 4.78 is 5.59. The molecule has 1 aliphatic heterocycles. The third-order valence-electron chi connectivity index (χ3n) is 4.98. The van der Waals surface area contributed by atoms with Crippen molar-refractivity contribution in [1.82, 2.24) is 10.2 Å². The van der Waals surface area contributed by atoms with Crippen LogP contribution in [-0.2, 0) is 0 Å². The van der Waals surface area contributed by atoms with Gasteiger partial charge in [-0.1, -0.05) is 48.4 Å². The summed E-state index contributed by atoms with van der Waals surface area (Å²) in [6, 6.07) is 15.3. The van der Waals surface area contributed by atoms with E-state index in [4.69, 9.17) is 16.3 Å². The van der Waals surface area contributed by atoms with Gasteiger partial charge < -0.3 is 10.1 Å². The van der Waals surface area contributed by atoms with Crippen LogP contribution in [0, 0.1) is 0 Å². The number of para-hydroxylation sites is 1. The Kier molecular flexibility index (Phi) is 7.13. The van der Waals surface area contributed by atoms with Gasteiger partial charge in [-0.25, -0.2) is 0 Å². The topological polar surface area (TPSA) is 41.6 Å². The van der Waals surface area contributed by atoms with E-state index in [-0.39, 0.29) is 11.9 Å². The van der Waals surface area contributed by atoms with Crippen LogP contribution >= 0.6 is 11.6 Å². The Morgan fingerprint density at radius 1 is 1.11 bits per heavy atom. The lowest BCUT2D eigenvalue weighted by Crippen LogP contribution is -2.40. The molecule has 0 saturated carbocycles. The first-order chi connectivity index (χ1) is 13.2. The van der Waals surface area contributed by atoms with E-state index in [2.05, 4.69) is 16.3 Å². The van der Waals surface area contributed by atoms with Crippen molar-refractivity contribution in [3.05, 3.63) is 64.7 Å². The van der Waals surface area contributed by atoms with Gasteiger partial charge in [-0.05, 0) is 56.6 Å². The number of likely N-dealkylation sites (tertiary alicyclic amines) is 1. The summed E-state index contributed by atoms with van der Waals surface area (Å²) in [6.45, 7) is 5.02. The molecule has 1 unspecified atom stereocenters. The number of piperidine rings is 1. The maximum absolute atomic E-state index is 12.8. The molecule has 0 radical (unpaired) electrons. The van der Waals surface area contributed by atoms with E-state index in [9.17, 15) is 4.79 Å². The predicted molar refractivity (Wildman–Crippen MR) is 110 cm³/mol. The zero-order valence-corrected chi connectivity index (χ0v) is 16.5. The zero-order chi connectivity index (χ0) is 19.1. The first-order valence-electron chi connectivity index (χ1n) is 9.69. The fourth-order valence-electron chi connectivity index (χ4n) is 3.63. The van der Waals surface area contributed by atoms with E-state index in [1.165, 1.54) is 19.3 Å². The summed E-state index contributed by atoms with van der Waals surface area (Å²) in [5.41, 5.74) is 1.63. The van der Waals surface area contributed by atoms with Crippen LogP contribution in [0.5, 0.6) is 5.75 Å². The van der Waals surface area contributed by atoms with E-state index in [0.29, 0.717) is 24.5 Å². The molecule has 1 fully saturated rings. The van der Waals surface area contributed by atoms with Crippen molar-refractivity contribution >= 4 is 17.5 Å². The van der Waals surface area contributed by atoms with Crippen LogP contribution in [0.3, 0.4) is 0 Å². The molecule has 144 valence electrons. The van der Waals surface area contributed by atoms with Crippen molar-refractivity contribution in [3.8, 4) is 5.75 Å². The minimum absolute atomic E-state index is 0.0715. The van der Waals surface area contributed by atoms with Crippen LogP contribution in [0.15, 0.2) is 48.5 Å². The van der Waals surface area contributed by atoms with Crippen molar-refractivity contribution in [2.24, 2.45) is 0 Å². The standard InChI is InChI=1S/C22H27ClN2O2/c1-2-27-21-13-7-5-11-18(21)22(26)24-16-20(25-14-8-3-9-15-25)17-10-4-6-12-19(17)23/h4-7,10-13,20H,2-3,8-9,14-16H2,1H3,(H,24,26). The summed E-state index contributed by atoms with van der Waals surface area (Å²) in [5.74, 6) is 0.498.